The summed E-state index contributed by atoms with van der Waals surface area (Å²) in [5.74, 6) is 0. The maximum Gasteiger partial charge on any atom is 0.113 e. The molecule has 3 aromatic rings. The Morgan fingerprint density at radius 3 is 1.94 bits per heavy atom. The first kappa shape index (κ1) is 11.0. The largest absolute Gasteiger partial charge is 0.179 e. The molecule has 0 spiro atoms. The molecule has 0 radical (unpaired) electrons. The lowest BCUT2D eigenvalue weighted by molar-refractivity contribution is 0.600. The molecule has 0 fully saturated rings. The van der Waals surface area contributed by atoms with E-state index in [1.807, 2.05) is 24.3 Å². The maximum atomic E-state index is 4.46. The van der Waals surface area contributed by atoms with Crippen LogP contribution in [0.3, 0.4) is 0 Å². The van der Waals surface area contributed by atoms with Crippen molar-refractivity contribution in [3.8, 4) is 0 Å². The summed E-state index contributed by atoms with van der Waals surface area (Å²) in [4.78, 5) is 1.76. The zero-order chi connectivity index (χ0) is 12.4. The molecule has 90 valence electrons. The summed E-state index contributed by atoms with van der Waals surface area (Å²) < 4.78 is 0. The molecule has 0 aliphatic heterocycles. The average Bonchev–Trinajstić information content (AvgIpc) is 2.82. The van der Waals surface area contributed by atoms with Gasteiger partial charge in [0, 0.05) is 0 Å². The summed E-state index contributed by atoms with van der Waals surface area (Å²) in [5.41, 5.74) is 4.48. The molecule has 0 unspecified atom stereocenters. The first-order chi connectivity index (χ1) is 8.85. The van der Waals surface area contributed by atoms with Crippen molar-refractivity contribution < 1.29 is 0 Å². The molecular formula is C15H15N3. The molecule has 3 nitrogen and oxygen atoms in total. The molecule has 0 saturated carbocycles. The van der Waals surface area contributed by atoms with Gasteiger partial charge in [0.15, 0.2) is 0 Å². The molecule has 0 atom stereocenters. The van der Waals surface area contributed by atoms with Crippen LogP contribution in [0, 0.1) is 0 Å². The van der Waals surface area contributed by atoms with E-state index < -0.39 is 0 Å². The first-order valence-electron chi connectivity index (χ1n) is 6.23. The van der Waals surface area contributed by atoms with E-state index in [4.69, 9.17) is 0 Å². The van der Waals surface area contributed by atoms with Crippen LogP contribution in [0.2, 0.25) is 0 Å². The van der Waals surface area contributed by atoms with Crippen molar-refractivity contribution in [2.75, 3.05) is 0 Å². The Bertz CT molecular complexity index is 620. The van der Waals surface area contributed by atoms with Crippen LogP contribution in [-0.4, -0.2) is 15.0 Å². The van der Waals surface area contributed by atoms with Crippen molar-refractivity contribution in [3.63, 3.8) is 0 Å². The summed E-state index contributed by atoms with van der Waals surface area (Å²) >= 11 is 0. The minimum atomic E-state index is 0.721. The molecule has 18 heavy (non-hydrogen) atoms. The van der Waals surface area contributed by atoms with Crippen molar-refractivity contribution in [2.24, 2.45) is 0 Å². The maximum absolute atomic E-state index is 4.46. The van der Waals surface area contributed by atoms with Crippen molar-refractivity contribution in [3.05, 3.63) is 59.7 Å². The Morgan fingerprint density at radius 2 is 1.39 bits per heavy atom. The fourth-order valence-corrected chi connectivity index (χ4v) is 2.02. The van der Waals surface area contributed by atoms with E-state index in [1.54, 1.807) is 4.80 Å². The zero-order valence-corrected chi connectivity index (χ0v) is 10.4. The lowest BCUT2D eigenvalue weighted by atomic mass is 10.1. The topological polar surface area (TPSA) is 30.7 Å². The Balaban J connectivity index is 1.86. The van der Waals surface area contributed by atoms with Crippen molar-refractivity contribution in [2.45, 2.75) is 19.9 Å². The Hall–Kier alpha value is -2.16. The minimum Gasteiger partial charge on any atom is -0.179 e. The number of aromatic nitrogens is 3. The van der Waals surface area contributed by atoms with E-state index in [-0.39, 0.29) is 0 Å². The van der Waals surface area contributed by atoms with Crippen LogP contribution in [0.15, 0.2) is 48.5 Å². The van der Waals surface area contributed by atoms with E-state index in [2.05, 4.69) is 41.4 Å². The van der Waals surface area contributed by atoms with Crippen LogP contribution in [0.1, 0.15) is 18.1 Å². The van der Waals surface area contributed by atoms with Gasteiger partial charge in [-0.1, -0.05) is 43.3 Å². The van der Waals surface area contributed by atoms with Crippen molar-refractivity contribution in [1.29, 1.82) is 0 Å². The predicted octanol–water partition coefficient (Wildman–Crippen LogP) is 3.04. The van der Waals surface area contributed by atoms with Gasteiger partial charge in [-0.25, -0.2) is 0 Å². The van der Waals surface area contributed by atoms with Gasteiger partial charge in [0.1, 0.15) is 11.0 Å². The van der Waals surface area contributed by atoms with E-state index in [0.29, 0.717) is 0 Å². The van der Waals surface area contributed by atoms with Crippen molar-refractivity contribution >= 4 is 11.0 Å². The summed E-state index contributed by atoms with van der Waals surface area (Å²) in [6, 6.07) is 16.6. The molecule has 0 amide bonds. The van der Waals surface area contributed by atoms with Gasteiger partial charge < -0.3 is 0 Å². The molecule has 2 aromatic carbocycles. The third-order valence-electron chi connectivity index (χ3n) is 3.08. The van der Waals surface area contributed by atoms with E-state index in [1.165, 1.54) is 11.1 Å². The van der Waals surface area contributed by atoms with Crippen LogP contribution in [0.5, 0.6) is 0 Å². The number of benzene rings is 2. The Labute approximate surface area is 106 Å². The number of hydrogen-bond donors (Lipinski definition) is 0. The van der Waals surface area contributed by atoms with Gasteiger partial charge in [0.25, 0.3) is 0 Å². The molecule has 3 rings (SSSR count). The lowest BCUT2D eigenvalue weighted by Gasteiger charge is -2.01. The monoisotopic (exact) mass is 237 g/mol. The average molecular weight is 237 g/mol. The number of rotatable bonds is 3. The highest BCUT2D eigenvalue weighted by Gasteiger charge is 2.02. The molecule has 0 saturated heterocycles. The van der Waals surface area contributed by atoms with Gasteiger partial charge in [-0.05, 0) is 29.7 Å². The molecule has 0 N–H and O–H groups in total. The first-order valence-corrected chi connectivity index (χ1v) is 6.23. The summed E-state index contributed by atoms with van der Waals surface area (Å²) in [7, 11) is 0. The number of aryl methyl sites for hydroxylation is 1. The smallest absolute Gasteiger partial charge is 0.113 e. The molecule has 0 bridgehead atoms. The second kappa shape index (κ2) is 4.61. The fraction of sp³-hybridized carbons (Fsp3) is 0.200. The van der Waals surface area contributed by atoms with Crippen LogP contribution in [0.4, 0.5) is 0 Å². The zero-order valence-electron chi connectivity index (χ0n) is 10.4. The summed E-state index contributed by atoms with van der Waals surface area (Å²) in [6.07, 6.45) is 1.07. The summed E-state index contributed by atoms with van der Waals surface area (Å²) in [5, 5.41) is 8.91. The standard InChI is InChI=1S/C15H15N3/c1-2-12-7-9-13(10-8-12)11-18-16-14-5-3-4-6-15(14)17-18/h3-10H,2,11H2,1H3. The molecule has 0 aliphatic rings. The molecular weight excluding hydrogens is 222 g/mol. The van der Waals surface area contributed by atoms with E-state index >= 15 is 0 Å². The van der Waals surface area contributed by atoms with Gasteiger partial charge in [-0.2, -0.15) is 15.0 Å². The Morgan fingerprint density at radius 1 is 0.833 bits per heavy atom. The number of nitrogens with zero attached hydrogens (tertiary/aromatic N) is 3. The third-order valence-corrected chi connectivity index (χ3v) is 3.08. The van der Waals surface area contributed by atoms with Crippen LogP contribution in [-0.2, 0) is 13.0 Å². The highest BCUT2D eigenvalue weighted by Crippen LogP contribution is 2.10. The lowest BCUT2D eigenvalue weighted by Crippen LogP contribution is -2.03. The minimum absolute atomic E-state index is 0.721. The SMILES string of the molecule is CCc1ccc(Cn2nc3ccccc3n2)cc1. The van der Waals surface area contributed by atoms with E-state index in [9.17, 15) is 0 Å². The summed E-state index contributed by atoms with van der Waals surface area (Å²) in [6.45, 7) is 2.88. The molecule has 3 heteroatoms. The van der Waals surface area contributed by atoms with E-state index in [0.717, 1.165) is 24.0 Å². The highest BCUT2D eigenvalue weighted by atomic mass is 15.5. The van der Waals surface area contributed by atoms with Crippen LogP contribution < -0.4 is 0 Å². The van der Waals surface area contributed by atoms with Crippen LogP contribution >= 0.6 is 0 Å². The predicted molar refractivity (Wildman–Crippen MR) is 72.5 cm³/mol. The number of fused-ring (bicyclic) bond motifs is 1. The quantitative estimate of drug-likeness (QED) is 0.701. The van der Waals surface area contributed by atoms with Gasteiger partial charge in [0.05, 0.1) is 6.54 Å². The van der Waals surface area contributed by atoms with Gasteiger partial charge >= 0.3 is 0 Å². The second-order valence-electron chi connectivity index (χ2n) is 4.39. The fourth-order valence-electron chi connectivity index (χ4n) is 2.02. The third kappa shape index (κ3) is 2.12. The normalized spacial score (nSPS) is 10.9. The molecule has 1 aromatic heterocycles. The number of hydrogen-bond acceptors (Lipinski definition) is 2. The molecule has 0 aliphatic carbocycles. The van der Waals surface area contributed by atoms with Crippen LogP contribution in [0.25, 0.3) is 11.0 Å². The van der Waals surface area contributed by atoms with Crippen molar-refractivity contribution in [1.82, 2.24) is 15.0 Å². The van der Waals surface area contributed by atoms with Gasteiger partial charge in [-0.3, -0.25) is 0 Å². The molecule has 1 heterocycles. The van der Waals surface area contributed by atoms with Gasteiger partial charge in [0.2, 0.25) is 0 Å². The second-order valence-corrected chi connectivity index (χ2v) is 4.39. The highest BCUT2D eigenvalue weighted by molar-refractivity contribution is 5.72. The Kier molecular flexibility index (Phi) is 2.81. The van der Waals surface area contributed by atoms with Gasteiger partial charge in [-0.15, -0.1) is 0 Å².